The maximum Gasteiger partial charge on any atom is 0.155 e. The van der Waals surface area contributed by atoms with Crippen molar-refractivity contribution in [3.63, 3.8) is 0 Å². The smallest absolute Gasteiger partial charge is 0.155 e. The van der Waals surface area contributed by atoms with Crippen LogP contribution in [0.3, 0.4) is 0 Å². The lowest BCUT2D eigenvalue weighted by atomic mass is 9.46. The molecule has 0 aromatic heterocycles. The number of hydrogen-bond donors (Lipinski definition) is 0. The molecule has 0 spiro atoms. The highest BCUT2D eigenvalue weighted by Gasteiger charge is 2.62. The van der Waals surface area contributed by atoms with Crippen molar-refractivity contribution < 1.29 is 14.3 Å². The molecule has 0 aromatic rings. The topological polar surface area (TPSA) is 43.4 Å². The molecule has 3 heteroatoms. The molecular formula is C20H28O3. The molecule has 0 amide bonds. The summed E-state index contributed by atoms with van der Waals surface area (Å²) in [5.41, 5.74) is 1.26. The molecule has 0 heterocycles. The monoisotopic (exact) mass is 316 g/mol. The first-order chi connectivity index (χ1) is 10.9. The molecular weight excluding hydrogens is 288 g/mol. The summed E-state index contributed by atoms with van der Waals surface area (Å²) in [4.78, 5) is 24.5. The summed E-state index contributed by atoms with van der Waals surface area (Å²) < 4.78 is 5.96. The van der Waals surface area contributed by atoms with E-state index in [9.17, 15) is 9.59 Å². The number of rotatable bonds is 1. The fourth-order valence-electron chi connectivity index (χ4n) is 6.65. The Morgan fingerprint density at radius 2 is 1.87 bits per heavy atom. The second-order valence-electron chi connectivity index (χ2n) is 8.75. The molecule has 0 aromatic carbocycles. The van der Waals surface area contributed by atoms with Gasteiger partial charge in [-0.25, -0.2) is 0 Å². The van der Waals surface area contributed by atoms with Crippen molar-refractivity contribution in [2.24, 2.45) is 28.6 Å². The van der Waals surface area contributed by atoms with Gasteiger partial charge in [0.25, 0.3) is 0 Å². The van der Waals surface area contributed by atoms with Crippen LogP contribution in [0.1, 0.15) is 58.8 Å². The zero-order chi connectivity index (χ0) is 16.4. The zero-order valence-electron chi connectivity index (χ0n) is 14.6. The molecule has 4 aliphatic carbocycles. The Hall–Kier alpha value is -0.960. The molecule has 6 atom stereocenters. The minimum absolute atomic E-state index is 0.0878. The van der Waals surface area contributed by atoms with Gasteiger partial charge in [0.2, 0.25) is 0 Å². The molecule has 126 valence electrons. The van der Waals surface area contributed by atoms with Crippen molar-refractivity contribution in [3.05, 3.63) is 11.6 Å². The van der Waals surface area contributed by atoms with Gasteiger partial charge in [0, 0.05) is 25.4 Å². The van der Waals surface area contributed by atoms with Crippen LogP contribution < -0.4 is 0 Å². The highest BCUT2D eigenvalue weighted by molar-refractivity contribution is 5.91. The Balaban J connectivity index is 1.77. The predicted molar refractivity (Wildman–Crippen MR) is 87.9 cm³/mol. The third kappa shape index (κ3) is 1.98. The van der Waals surface area contributed by atoms with Crippen molar-refractivity contribution in [1.29, 1.82) is 0 Å². The molecule has 0 unspecified atom stereocenters. The van der Waals surface area contributed by atoms with Gasteiger partial charge in [-0.15, -0.1) is 0 Å². The first-order valence-electron chi connectivity index (χ1n) is 9.20. The number of carbonyl (C=O) groups is 2. The molecule has 0 saturated heterocycles. The van der Waals surface area contributed by atoms with E-state index in [0.717, 1.165) is 38.5 Å². The summed E-state index contributed by atoms with van der Waals surface area (Å²) in [7, 11) is 1.81. The van der Waals surface area contributed by atoms with Gasteiger partial charge in [0.15, 0.2) is 5.78 Å². The van der Waals surface area contributed by atoms with E-state index in [2.05, 4.69) is 13.8 Å². The Kier molecular flexibility index (Phi) is 3.39. The molecule has 0 aliphatic heterocycles. The highest BCUT2D eigenvalue weighted by Crippen LogP contribution is 2.64. The van der Waals surface area contributed by atoms with Crippen molar-refractivity contribution in [1.82, 2.24) is 0 Å². The largest absolute Gasteiger partial charge is 0.381 e. The van der Waals surface area contributed by atoms with Crippen molar-refractivity contribution >= 4 is 11.6 Å². The van der Waals surface area contributed by atoms with E-state index >= 15 is 0 Å². The fourth-order valence-corrected chi connectivity index (χ4v) is 6.65. The van der Waals surface area contributed by atoms with Crippen LogP contribution in [-0.4, -0.2) is 24.8 Å². The Labute approximate surface area is 138 Å². The number of fused-ring (bicyclic) bond motifs is 5. The number of carbonyl (C=O) groups excluding carboxylic acids is 2. The van der Waals surface area contributed by atoms with Crippen LogP contribution in [0.4, 0.5) is 0 Å². The van der Waals surface area contributed by atoms with Gasteiger partial charge in [-0.1, -0.05) is 19.4 Å². The second kappa shape index (κ2) is 5.02. The molecule has 23 heavy (non-hydrogen) atoms. The van der Waals surface area contributed by atoms with Gasteiger partial charge in [0.1, 0.15) is 5.78 Å². The van der Waals surface area contributed by atoms with E-state index in [1.54, 1.807) is 7.11 Å². The van der Waals surface area contributed by atoms with E-state index in [1.807, 2.05) is 6.08 Å². The lowest BCUT2D eigenvalue weighted by molar-refractivity contribution is -0.152. The van der Waals surface area contributed by atoms with Crippen LogP contribution in [-0.2, 0) is 14.3 Å². The third-order valence-electron chi connectivity index (χ3n) is 7.89. The molecule has 3 saturated carbocycles. The zero-order valence-corrected chi connectivity index (χ0v) is 14.6. The lowest BCUT2D eigenvalue weighted by Gasteiger charge is -2.59. The van der Waals surface area contributed by atoms with Crippen LogP contribution in [0.25, 0.3) is 0 Å². The number of allylic oxidation sites excluding steroid dienone is 1. The van der Waals surface area contributed by atoms with Gasteiger partial charge >= 0.3 is 0 Å². The Morgan fingerprint density at radius 3 is 2.61 bits per heavy atom. The molecule has 0 N–H and O–H groups in total. The van der Waals surface area contributed by atoms with E-state index in [1.165, 1.54) is 5.57 Å². The molecule has 0 bridgehead atoms. The second-order valence-corrected chi connectivity index (χ2v) is 8.75. The minimum Gasteiger partial charge on any atom is -0.381 e. The van der Waals surface area contributed by atoms with Gasteiger partial charge in [-0.2, -0.15) is 0 Å². The summed E-state index contributed by atoms with van der Waals surface area (Å²) >= 11 is 0. The number of Topliss-reactive ketones (excluding diaryl/α,β-unsaturated/α-hetero) is 1. The lowest BCUT2D eigenvalue weighted by Crippen LogP contribution is -2.57. The van der Waals surface area contributed by atoms with Crippen LogP contribution in [0.5, 0.6) is 0 Å². The van der Waals surface area contributed by atoms with E-state index in [4.69, 9.17) is 4.74 Å². The summed E-state index contributed by atoms with van der Waals surface area (Å²) in [6.45, 7) is 4.54. The van der Waals surface area contributed by atoms with Crippen molar-refractivity contribution in [2.45, 2.75) is 64.9 Å². The summed E-state index contributed by atoms with van der Waals surface area (Å²) in [6, 6.07) is 0. The van der Waals surface area contributed by atoms with Crippen LogP contribution in [0.15, 0.2) is 11.6 Å². The van der Waals surface area contributed by atoms with Gasteiger partial charge in [0.05, 0.1) is 6.10 Å². The number of hydrogen-bond acceptors (Lipinski definition) is 3. The van der Waals surface area contributed by atoms with E-state index in [0.29, 0.717) is 35.7 Å². The predicted octanol–water partition coefficient (Wildman–Crippen LogP) is 3.71. The van der Waals surface area contributed by atoms with Crippen molar-refractivity contribution in [2.75, 3.05) is 7.11 Å². The average Bonchev–Trinajstić information content (AvgIpc) is 2.82. The van der Waals surface area contributed by atoms with Crippen LogP contribution in [0.2, 0.25) is 0 Å². The maximum atomic E-state index is 12.6. The summed E-state index contributed by atoms with van der Waals surface area (Å²) in [6.07, 6.45) is 8.51. The molecule has 4 rings (SSSR count). The van der Waals surface area contributed by atoms with Gasteiger partial charge in [-0.3, -0.25) is 9.59 Å². The molecule has 3 fully saturated rings. The standard InChI is InChI=1S/C20H28O3/c1-19-9-8-13(21)10-12(19)4-5-14-15-6-7-17(22)20(15,2)11-16(23-3)18(14)19/h10,14-16,18H,4-9,11H2,1-3H3/t14-,15-,16+,18+,19-,20-/m0/s1. The van der Waals surface area contributed by atoms with Crippen LogP contribution >= 0.6 is 0 Å². The first kappa shape index (κ1) is 15.6. The summed E-state index contributed by atoms with van der Waals surface area (Å²) in [5.74, 6) is 2.29. The van der Waals surface area contributed by atoms with E-state index < -0.39 is 0 Å². The normalized spacial score (nSPS) is 49.3. The number of ketones is 2. The molecule has 0 radical (unpaired) electrons. The SMILES string of the molecule is CO[C@@H]1C[C@]2(C)C(=O)CC[C@H]2[C@@H]2CCC3=CC(=O)CC[C@]3(C)[C@H]21. The maximum absolute atomic E-state index is 12.6. The quantitative estimate of drug-likeness (QED) is 0.740. The fraction of sp³-hybridized carbons (Fsp3) is 0.800. The highest BCUT2D eigenvalue weighted by atomic mass is 16.5. The molecule has 3 nitrogen and oxygen atoms in total. The first-order valence-corrected chi connectivity index (χ1v) is 9.20. The third-order valence-corrected chi connectivity index (χ3v) is 7.89. The minimum atomic E-state index is -0.177. The Morgan fingerprint density at radius 1 is 1.09 bits per heavy atom. The van der Waals surface area contributed by atoms with Gasteiger partial charge < -0.3 is 4.74 Å². The molecule has 4 aliphatic rings. The number of methoxy groups -OCH3 is 1. The number of ether oxygens (including phenoxy) is 1. The van der Waals surface area contributed by atoms with Crippen molar-refractivity contribution in [3.8, 4) is 0 Å². The van der Waals surface area contributed by atoms with E-state index in [-0.39, 0.29) is 16.9 Å². The average molecular weight is 316 g/mol. The van der Waals surface area contributed by atoms with Crippen LogP contribution in [0, 0.1) is 28.6 Å². The Bertz CT molecular complexity index is 592. The van der Waals surface area contributed by atoms with Gasteiger partial charge in [-0.05, 0) is 61.3 Å². The summed E-state index contributed by atoms with van der Waals surface area (Å²) in [5, 5.41) is 0.